The molecule has 31 heavy (non-hydrogen) atoms. The van der Waals surface area contributed by atoms with Crippen molar-refractivity contribution in [2.24, 2.45) is 5.92 Å². The summed E-state index contributed by atoms with van der Waals surface area (Å²) in [5.41, 5.74) is 1.91. The number of H-pyrrole nitrogens is 1. The molecule has 0 saturated carbocycles. The molecule has 0 spiro atoms. The van der Waals surface area contributed by atoms with E-state index in [2.05, 4.69) is 15.6 Å². The van der Waals surface area contributed by atoms with Gasteiger partial charge in [-0.15, -0.1) is 0 Å². The minimum Gasteiger partial charge on any atom is -0.338 e. The molecular weight excluding hydrogens is 392 g/mol. The summed E-state index contributed by atoms with van der Waals surface area (Å²) in [6.45, 7) is 3.65. The van der Waals surface area contributed by atoms with Crippen LogP contribution in [-0.2, 0) is 0 Å². The average molecular weight is 418 g/mol. The van der Waals surface area contributed by atoms with E-state index in [0.29, 0.717) is 30.7 Å². The molecule has 3 amide bonds. The van der Waals surface area contributed by atoms with Gasteiger partial charge in [0.15, 0.2) is 0 Å². The molecule has 2 heterocycles. The Kier molecular flexibility index (Phi) is 6.02. The normalized spacial score (nSPS) is 16.2. The summed E-state index contributed by atoms with van der Waals surface area (Å²) in [4.78, 5) is 42.0. The monoisotopic (exact) mass is 418 g/mol. The van der Waals surface area contributed by atoms with Crippen LogP contribution in [0.1, 0.15) is 28.9 Å². The molecule has 1 aliphatic heterocycles. The second-order valence-corrected chi connectivity index (χ2v) is 8.06. The van der Waals surface area contributed by atoms with Crippen molar-refractivity contribution >= 4 is 28.4 Å². The Bertz CT molecular complexity index is 1150. The largest absolute Gasteiger partial charge is 0.338 e. The molecule has 1 saturated heterocycles. The molecule has 0 aliphatic carbocycles. The Morgan fingerprint density at radius 2 is 1.90 bits per heavy atom. The lowest BCUT2D eigenvalue weighted by Crippen LogP contribution is -2.44. The molecule has 2 aromatic carbocycles. The Morgan fingerprint density at radius 1 is 1.13 bits per heavy atom. The SMILES string of the molecule is Cc1ccc(NC(=O)NCC2CCCN(C(=O)c3cc4ccccc4c(=O)[nH]3)C2)cc1. The number of carbonyl (C=O) groups excluding carboxylic acids is 2. The van der Waals surface area contributed by atoms with Gasteiger partial charge in [-0.2, -0.15) is 0 Å². The summed E-state index contributed by atoms with van der Waals surface area (Å²) in [6.07, 6.45) is 1.79. The molecule has 4 rings (SSSR count). The van der Waals surface area contributed by atoms with E-state index in [4.69, 9.17) is 0 Å². The standard InChI is InChI=1S/C24H26N4O3/c1-16-8-10-19(11-9-16)26-24(31)25-14-17-5-4-12-28(15-17)23(30)21-13-18-6-2-3-7-20(18)22(29)27-21/h2-3,6-11,13,17H,4-5,12,14-15H2,1H3,(H,27,29)(H2,25,26,31). The zero-order valence-corrected chi connectivity index (χ0v) is 17.5. The second-order valence-electron chi connectivity index (χ2n) is 8.06. The maximum absolute atomic E-state index is 13.0. The first-order valence-corrected chi connectivity index (χ1v) is 10.5. The van der Waals surface area contributed by atoms with E-state index < -0.39 is 0 Å². The van der Waals surface area contributed by atoms with Crippen LogP contribution in [-0.4, -0.2) is 41.5 Å². The zero-order chi connectivity index (χ0) is 21.8. The van der Waals surface area contributed by atoms with Gasteiger partial charge in [0.2, 0.25) is 0 Å². The van der Waals surface area contributed by atoms with Gasteiger partial charge < -0.3 is 20.5 Å². The lowest BCUT2D eigenvalue weighted by atomic mass is 9.97. The number of hydrogen-bond acceptors (Lipinski definition) is 3. The van der Waals surface area contributed by atoms with Gasteiger partial charge in [0, 0.05) is 30.7 Å². The number of rotatable bonds is 4. The molecule has 7 heteroatoms. The number of amides is 3. The van der Waals surface area contributed by atoms with Crippen molar-refractivity contribution in [3.05, 3.63) is 76.2 Å². The highest BCUT2D eigenvalue weighted by Gasteiger charge is 2.25. The van der Waals surface area contributed by atoms with E-state index in [1.165, 1.54) is 0 Å². The van der Waals surface area contributed by atoms with Gasteiger partial charge in [0.05, 0.1) is 0 Å². The van der Waals surface area contributed by atoms with Crippen LogP contribution in [0, 0.1) is 12.8 Å². The van der Waals surface area contributed by atoms with E-state index in [0.717, 1.165) is 29.5 Å². The van der Waals surface area contributed by atoms with Crippen LogP contribution in [0.15, 0.2) is 59.4 Å². The molecule has 0 bridgehead atoms. The third kappa shape index (κ3) is 4.94. The molecular formula is C24H26N4O3. The van der Waals surface area contributed by atoms with Crippen molar-refractivity contribution in [2.75, 3.05) is 25.0 Å². The number of aromatic nitrogens is 1. The maximum atomic E-state index is 13.0. The third-order valence-electron chi connectivity index (χ3n) is 5.65. The van der Waals surface area contributed by atoms with Gasteiger partial charge in [0.1, 0.15) is 5.69 Å². The van der Waals surface area contributed by atoms with Gasteiger partial charge in [-0.1, -0.05) is 35.9 Å². The number of aryl methyl sites for hydroxylation is 1. The van der Waals surface area contributed by atoms with Crippen molar-refractivity contribution in [3.63, 3.8) is 0 Å². The molecule has 1 aromatic heterocycles. The number of likely N-dealkylation sites (tertiary alicyclic amines) is 1. The number of anilines is 1. The number of carbonyl (C=O) groups is 2. The van der Waals surface area contributed by atoms with E-state index in [9.17, 15) is 14.4 Å². The molecule has 1 atom stereocenters. The number of nitrogens with zero attached hydrogens (tertiary/aromatic N) is 1. The number of fused-ring (bicyclic) bond motifs is 1. The van der Waals surface area contributed by atoms with E-state index in [-0.39, 0.29) is 23.4 Å². The molecule has 3 N–H and O–H groups in total. The highest BCUT2D eigenvalue weighted by Crippen LogP contribution is 2.19. The third-order valence-corrected chi connectivity index (χ3v) is 5.65. The second kappa shape index (κ2) is 9.04. The molecule has 1 fully saturated rings. The number of benzene rings is 2. The molecule has 1 aliphatic rings. The van der Waals surface area contributed by atoms with E-state index >= 15 is 0 Å². The van der Waals surface area contributed by atoms with Crippen molar-refractivity contribution in [1.29, 1.82) is 0 Å². The summed E-state index contributed by atoms with van der Waals surface area (Å²) in [7, 11) is 0. The first-order valence-electron chi connectivity index (χ1n) is 10.5. The fraction of sp³-hybridized carbons (Fsp3) is 0.292. The molecule has 3 aromatic rings. The van der Waals surface area contributed by atoms with Crippen LogP contribution < -0.4 is 16.2 Å². The van der Waals surface area contributed by atoms with Gasteiger partial charge in [0.25, 0.3) is 11.5 Å². The summed E-state index contributed by atoms with van der Waals surface area (Å²) in [6, 6.07) is 16.3. The fourth-order valence-electron chi connectivity index (χ4n) is 3.96. The number of aromatic amines is 1. The van der Waals surface area contributed by atoms with Crippen molar-refractivity contribution in [3.8, 4) is 0 Å². The average Bonchev–Trinajstić information content (AvgIpc) is 2.79. The van der Waals surface area contributed by atoms with Crippen LogP contribution in [0.4, 0.5) is 10.5 Å². The topological polar surface area (TPSA) is 94.3 Å². The molecule has 1 unspecified atom stereocenters. The number of pyridine rings is 1. The zero-order valence-electron chi connectivity index (χ0n) is 17.5. The smallest absolute Gasteiger partial charge is 0.319 e. The van der Waals surface area contributed by atoms with Crippen LogP contribution in [0.5, 0.6) is 0 Å². The number of piperidine rings is 1. The quantitative estimate of drug-likeness (QED) is 0.605. The molecule has 7 nitrogen and oxygen atoms in total. The lowest BCUT2D eigenvalue weighted by Gasteiger charge is -2.32. The number of hydrogen-bond donors (Lipinski definition) is 3. The summed E-state index contributed by atoms with van der Waals surface area (Å²) >= 11 is 0. The van der Waals surface area contributed by atoms with Gasteiger partial charge in [-0.25, -0.2) is 4.79 Å². The van der Waals surface area contributed by atoms with Gasteiger partial charge in [-0.3, -0.25) is 9.59 Å². The van der Waals surface area contributed by atoms with Crippen LogP contribution in [0.3, 0.4) is 0 Å². The van der Waals surface area contributed by atoms with Crippen molar-refractivity contribution < 1.29 is 9.59 Å². The fourth-order valence-corrected chi connectivity index (χ4v) is 3.96. The lowest BCUT2D eigenvalue weighted by molar-refractivity contribution is 0.0669. The first-order chi connectivity index (χ1) is 15.0. The Labute approximate surface area is 180 Å². The van der Waals surface area contributed by atoms with Crippen LogP contribution >= 0.6 is 0 Å². The number of urea groups is 1. The summed E-state index contributed by atoms with van der Waals surface area (Å²) in [5, 5.41) is 7.04. The minimum absolute atomic E-state index is 0.161. The summed E-state index contributed by atoms with van der Waals surface area (Å²) < 4.78 is 0. The van der Waals surface area contributed by atoms with E-state index in [1.54, 1.807) is 23.1 Å². The predicted molar refractivity (Wildman–Crippen MR) is 121 cm³/mol. The minimum atomic E-state index is -0.260. The summed E-state index contributed by atoms with van der Waals surface area (Å²) in [5.74, 6) is -0.0229. The Hall–Kier alpha value is -3.61. The molecule has 0 radical (unpaired) electrons. The van der Waals surface area contributed by atoms with E-state index in [1.807, 2.05) is 43.3 Å². The van der Waals surface area contributed by atoms with Crippen molar-refractivity contribution in [1.82, 2.24) is 15.2 Å². The van der Waals surface area contributed by atoms with Gasteiger partial charge >= 0.3 is 6.03 Å². The van der Waals surface area contributed by atoms with Crippen LogP contribution in [0.2, 0.25) is 0 Å². The highest BCUT2D eigenvalue weighted by atomic mass is 16.2. The Morgan fingerprint density at radius 3 is 2.71 bits per heavy atom. The van der Waals surface area contributed by atoms with Crippen molar-refractivity contribution in [2.45, 2.75) is 19.8 Å². The first kappa shape index (κ1) is 20.7. The Balaban J connectivity index is 1.36. The van der Waals surface area contributed by atoms with Crippen LogP contribution in [0.25, 0.3) is 10.8 Å². The maximum Gasteiger partial charge on any atom is 0.319 e. The number of nitrogens with one attached hydrogen (secondary N) is 3. The molecule has 160 valence electrons. The predicted octanol–water partition coefficient (Wildman–Crippen LogP) is 3.51. The highest BCUT2D eigenvalue weighted by molar-refractivity contribution is 5.96. The van der Waals surface area contributed by atoms with Gasteiger partial charge in [-0.05, 0) is 55.3 Å².